The fourth-order valence-electron chi connectivity index (χ4n) is 2.43. The third-order valence-electron chi connectivity index (χ3n) is 3.84. The second kappa shape index (κ2) is 8.32. The number of halogens is 1. The van der Waals surface area contributed by atoms with E-state index in [0.29, 0.717) is 16.9 Å². The minimum absolute atomic E-state index is 0.00248. The van der Waals surface area contributed by atoms with Crippen LogP contribution in [-0.2, 0) is 0 Å². The molecule has 0 aliphatic rings. The number of amides is 2. The summed E-state index contributed by atoms with van der Waals surface area (Å²) in [4.78, 5) is 34.8. The molecule has 3 aromatic carbocycles. The summed E-state index contributed by atoms with van der Waals surface area (Å²) in [6.45, 7) is 0. The summed E-state index contributed by atoms with van der Waals surface area (Å²) in [5.41, 5.74) is 1.30. The fraction of sp³-hybridized carbons (Fsp3) is 0. The molecule has 8 heteroatoms. The quantitative estimate of drug-likeness (QED) is 0.480. The Morgan fingerprint density at radius 3 is 1.96 bits per heavy atom. The Balaban J connectivity index is 1.69. The van der Waals surface area contributed by atoms with E-state index in [0.717, 1.165) is 6.07 Å². The van der Waals surface area contributed by atoms with Crippen LogP contribution >= 0.6 is 11.6 Å². The molecule has 0 fully saturated rings. The summed E-state index contributed by atoms with van der Waals surface area (Å²) < 4.78 is 0. The van der Waals surface area contributed by atoms with Gasteiger partial charge in [0.1, 0.15) is 0 Å². The van der Waals surface area contributed by atoms with E-state index >= 15 is 0 Å². The van der Waals surface area contributed by atoms with E-state index in [1.807, 2.05) is 6.07 Å². The Morgan fingerprint density at radius 2 is 1.39 bits per heavy atom. The summed E-state index contributed by atoms with van der Waals surface area (Å²) in [6.07, 6.45) is 0. The van der Waals surface area contributed by atoms with Gasteiger partial charge in [-0.15, -0.1) is 0 Å². The van der Waals surface area contributed by atoms with Gasteiger partial charge in [0.2, 0.25) is 0 Å². The van der Waals surface area contributed by atoms with E-state index in [-0.39, 0.29) is 22.2 Å². The van der Waals surface area contributed by atoms with Gasteiger partial charge in [-0.1, -0.05) is 29.8 Å². The van der Waals surface area contributed by atoms with Crippen LogP contribution in [-0.4, -0.2) is 16.7 Å². The maximum absolute atomic E-state index is 12.4. The number of nitro groups is 1. The van der Waals surface area contributed by atoms with Gasteiger partial charge in [0.25, 0.3) is 17.5 Å². The smallest absolute Gasteiger partial charge is 0.270 e. The van der Waals surface area contributed by atoms with Crippen molar-refractivity contribution in [2.24, 2.45) is 0 Å². The molecule has 0 spiro atoms. The lowest BCUT2D eigenvalue weighted by atomic mass is 10.1. The van der Waals surface area contributed by atoms with Crippen LogP contribution in [0.5, 0.6) is 0 Å². The number of nitrogens with zero attached hydrogens (tertiary/aromatic N) is 1. The number of anilines is 2. The van der Waals surface area contributed by atoms with Crippen LogP contribution in [0, 0.1) is 10.1 Å². The van der Waals surface area contributed by atoms with Crippen molar-refractivity contribution in [3.63, 3.8) is 0 Å². The molecule has 0 aliphatic carbocycles. The second-order valence-electron chi connectivity index (χ2n) is 5.77. The highest BCUT2D eigenvalue weighted by molar-refractivity contribution is 6.34. The first-order valence-electron chi connectivity index (χ1n) is 8.16. The summed E-state index contributed by atoms with van der Waals surface area (Å²) in [5, 5.41) is 16.3. The fourth-order valence-corrected chi connectivity index (χ4v) is 2.63. The maximum Gasteiger partial charge on any atom is 0.270 e. The van der Waals surface area contributed by atoms with Gasteiger partial charge < -0.3 is 10.6 Å². The number of non-ortho nitro benzene ring substituents is 1. The first kappa shape index (κ1) is 19.1. The average molecular weight is 396 g/mol. The molecule has 0 aromatic heterocycles. The molecule has 3 rings (SSSR count). The lowest BCUT2D eigenvalue weighted by Crippen LogP contribution is -2.13. The highest BCUT2D eigenvalue weighted by atomic mass is 35.5. The zero-order chi connectivity index (χ0) is 20.1. The van der Waals surface area contributed by atoms with Crippen LogP contribution in [0.2, 0.25) is 5.02 Å². The van der Waals surface area contributed by atoms with Crippen LogP contribution in [0.3, 0.4) is 0 Å². The van der Waals surface area contributed by atoms with Crippen molar-refractivity contribution in [3.8, 4) is 0 Å². The molecular formula is C20H14ClN3O4. The molecule has 0 saturated heterocycles. The summed E-state index contributed by atoms with van der Waals surface area (Å²) >= 11 is 5.97. The Bertz CT molecular complexity index is 1040. The van der Waals surface area contributed by atoms with E-state index in [9.17, 15) is 19.7 Å². The molecule has 2 N–H and O–H groups in total. The van der Waals surface area contributed by atoms with Gasteiger partial charge in [-0.25, -0.2) is 0 Å². The molecule has 7 nitrogen and oxygen atoms in total. The van der Waals surface area contributed by atoms with Crippen molar-refractivity contribution in [1.29, 1.82) is 0 Å². The second-order valence-corrected chi connectivity index (χ2v) is 6.18. The van der Waals surface area contributed by atoms with Gasteiger partial charge in [-0.2, -0.15) is 0 Å². The maximum atomic E-state index is 12.4. The van der Waals surface area contributed by atoms with Gasteiger partial charge in [0, 0.05) is 29.1 Å². The monoisotopic (exact) mass is 395 g/mol. The molecule has 28 heavy (non-hydrogen) atoms. The number of carbonyl (C=O) groups is 2. The molecule has 3 aromatic rings. The molecule has 2 amide bonds. The van der Waals surface area contributed by atoms with Crippen LogP contribution in [0.15, 0.2) is 72.8 Å². The summed E-state index contributed by atoms with van der Waals surface area (Å²) in [6, 6.07) is 18.9. The first-order chi connectivity index (χ1) is 13.4. The Labute approximate surface area is 165 Å². The Kier molecular flexibility index (Phi) is 5.67. The number of rotatable bonds is 5. The van der Waals surface area contributed by atoms with Gasteiger partial charge in [0.05, 0.1) is 15.5 Å². The largest absolute Gasteiger partial charge is 0.322 e. The topological polar surface area (TPSA) is 101 Å². The molecule has 140 valence electrons. The van der Waals surface area contributed by atoms with Crippen molar-refractivity contribution < 1.29 is 14.5 Å². The normalized spacial score (nSPS) is 10.2. The number of hydrogen-bond acceptors (Lipinski definition) is 4. The zero-order valence-corrected chi connectivity index (χ0v) is 15.1. The number of benzene rings is 3. The lowest BCUT2D eigenvalue weighted by molar-refractivity contribution is -0.384. The molecule has 0 radical (unpaired) electrons. The Hall–Kier alpha value is -3.71. The number of nitrogens with one attached hydrogen (secondary N) is 2. The predicted molar refractivity (Wildman–Crippen MR) is 107 cm³/mol. The minimum Gasteiger partial charge on any atom is -0.322 e. The van der Waals surface area contributed by atoms with Crippen molar-refractivity contribution in [2.45, 2.75) is 0 Å². The van der Waals surface area contributed by atoms with Gasteiger partial charge in [-0.05, 0) is 42.5 Å². The molecule has 0 unspecified atom stereocenters. The van der Waals surface area contributed by atoms with E-state index in [1.165, 1.54) is 12.1 Å². The van der Waals surface area contributed by atoms with Crippen LogP contribution < -0.4 is 10.6 Å². The highest BCUT2D eigenvalue weighted by Crippen LogP contribution is 2.23. The standard InChI is InChI=1S/C20H14ClN3O4/c21-18-11-10-16(24(27)28)12-17(18)20(26)23-15-8-6-14(7-9-15)22-19(25)13-4-2-1-3-5-13/h1-12H,(H,22,25)(H,23,26). The van der Waals surface area contributed by atoms with Crippen molar-refractivity contribution in [2.75, 3.05) is 10.6 Å². The minimum atomic E-state index is -0.600. The van der Waals surface area contributed by atoms with E-state index < -0.39 is 10.8 Å². The molecule has 0 heterocycles. The molecule has 0 atom stereocenters. The third-order valence-corrected chi connectivity index (χ3v) is 4.17. The van der Waals surface area contributed by atoms with Crippen LogP contribution in [0.4, 0.5) is 17.1 Å². The first-order valence-corrected chi connectivity index (χ1v) is 8.53. The average Bonchev–Trinajstić information content (AvgIpc) is 2.70. The third kappa shape index (κ3) is 4.52. The number of hydrogen-bond donors (Lipinski definition) is 2. The van der Waals surface area contributed by atoms with E-state index in [2.05, 4.69) is 10.6 Å². The summed E-state index contributed by atoms with van der Waals surface area (Å²) in [5.74, 6) is -0.824. The summed E-state index contributed by atoms with van der Waals surface area (Å²) in [7, 11) is 0. The van der Waals surface area contributed by atoms with Crippen molar-refractivity contribution in [1.82, 2.24) is 0 Å². The van der Waals surface area contributed by atoms with Gasteiger partial charge in [-0.3, -0.25) is 19.7 Å². The number of carbonyl (C=O) groups excluding carboxylic acids is 2. The molecule has 0 saturated carbocycles. The molecular weight excluding hydrogens is 382 g/mol. The highest BCUT2D eigenvalue weighted by Gasteiger charge is 2.16. The van der Waals surface area contributed by atoms with Crippen LogP contribution in [0.25, 0.3) is 0 Å². The predicted octanol–water partition coefficient (Wildman–Crippen LogP) is 4.75. The Morgan fingerprint density at radius 1 is 0.821 bits per heavy atom. The molecule has 0 aliphatic heterocycles. The number of nitro benzene ring substituents is 1. The zero-order valence-electron chi connectivity index (χ0n) is 14.4. The SMILES string of the molecule is O=C(Nc1ccc(NC(=O)c2cc([N+](=O)[O-])ccc2Cl)cc1)c1ccccc1. The lowest BCUT2D eigenvalue weighted by Gasteiger charge is -2.09. The van der Waals surface area contributed by atoms with Gasteiger partial charge >= 0.3 is 0 Å². The van der Waals surface area contributed by atoms with Crippen molar-refractivity contribution in [3.05, 3.63) is 99.1 Å². The van der Waals surface area contributed by atoms with Gasteiger partial charge in [0.15, 0.2) is 0 Å². The van der Waals surface area contributed by atoms with E-state index in [1.54, 1.807) is 48.5 Å². The van der Waals surface area contributed by atoms with Crippen molar-refractivity contribution >= 4 is 40.5 Å². The van der Waals surface area contributed by atoms with E-state index in [4.69, 9.17) is 11.6 Å². The molecule has 0 bridgehead atoms. The van der Waals surface area contributed by atoms with Crippen LogP contribution in [0.1, 0.15) is 20.7 Å².